The van der Waals surface area contributed by atoms with E-state index in [0.717, 1.165) is 22.9 Å². The molecule has 70 valence electrons. The molecule has 0 aromatic heterocycles. The van der Waals surface area contributed by atoms with Gasteiger partial charge in [0.1, 0.15) is 0 Å². The molecular weight excluding hydrogens is 228 g/mol. The van der Waals surface area contributed by atoms with Gasteiger partial charge in [-0.05, 0) is 43.9 Å². The lowest BCUT2D eigenvalue weighted by Gasteiger charge is -2.15. The first-order chi connectivity index (χ1) is 6.04. The predicted molar refractivity (Wildman–Crippen MR) is 56.7 cm³/mol. The Morgan fingerprint density at radius 3 is 2.46 bits per heavy atom. The minimum absolute atomic E-state index is 0.533. The van der Waals surface area contributed by atoms with Crippen LogP contribution in [0, 0.1) is 13.8 Å². The van der Waals surface area contributed by atoms with Crippen LogP contribution < -0.4 is 0 Å². The number of aryl methyl sites for hydroxylation is 1. The first-order valence-corrected chi connectivity index (χ1v) is 5.32. The molecule has 1 nitrogen and oxygen atoms in total. The minimum atomic E-state index is -0.533. The molecule has 0 amide bonds. The van der Waals surface area contributed by atoms with Crippen molar-refractivity contribution in [1.29, 1.82) is 0 Å². The van der Waals surface area contributed by atoms with E-state index in [4.69, 9.17) is 0 Å². The van der Waals surface area contributed by atoms with Crippen LogP contribution >= 0.6 is 15.9 Å². The maximum Gasteiger partial charge on any atom is 0.0912 e. The first kappa shape index (κ1) is 9.22. The zero-order valence-electron chi connectivity index (χ0n) is 7.89. The molecule has 1 saturated carbocycles. The van der Waals surface area contributed by atoms with Gasteiger partial charge in [0.25, 0.3) is 0 Å². The summed E-state index contributed by atoms with van der Waals surface area (Å²) < 4.78 is 1.04. The minimum Gasteiger partial charge on any atom is -0.385 e. The van der Waals surface area contributed by atoms with Gasteiger partial charge in [0.2, 0.25) is 0 Å². The van der Waals surface area contributed by atoms with Gasteiger partial charge in [0, 0.05) is 10.0 Å². The lowest BCUT2D eigenvalue weighted by atomic mass is 9.98. The van der Waals surface area contributed by atoms with Crippen molar-refractivity contribution in [2.24, 2.45) is 0 Å². The summed E-state index contributed by atoms with van der Waals surface area (Å²) in [6.07, 6.45) is 1.80. The molecule has 0 saturated heterocycles. The quantitative estimate of drug-likeness (QED) is 0.801. The lowest BCUT2D eigenvalue weighted by Crippen LogP contribution is -2.08. The molecule has 1 aromatic carbocycles. The monoisotopic (exact) mass is 240 g/mol. The van der Waals surface area contributed by atoms with Crippen LogP contribution in [0.25, 0.3) is 0 Å². The van der Waals surface area contributed by atoms with Crippen LogP contribution in [0.5, 0.6) is 0 Å². The highest BCUT2D eigenvalue weighted by Gasteiger charge is 2.44. The van der Waals surface area contributed by atoms with Crippen molar-refractivity contribution in [3.8, 4) is 0 Å². The highest BCUT2D eigenvalue weighted by atomic mass is 79.9. The Morgan fingerprint density at radius 2 is 1.92 bits per heavy atom. The maximum absolute atomic E-state index is 10.1. The van der Waals surface area contributed by atoms with E-state index in [2.05, 4.69) is 35.8 Å². The summed E-state index contributed by atoms with van der Waals surface area (Å²) in [5.74, 6) is 0. The van der Waals surface area contributed by atoms with Crippen molar-refractivity contribution in [2.75, 3.05) is 0 Å². The van der Waals surface area contributed by atoms with Crippen molar-refractivity contribution in [3.05, 3.63) is 33.3 Å². The highest BCUT2D eigenvalue weighted by Crippen LogP contribution is 2.49. The van der Waals surface area contributed by atoms with E-state index in [0.29, 0.717) is 0 Å². The van der Waals surface area contributed by atoms with Crippen molar-refractivity contribution in [1.82, 2.24) is 0 Å². The summed E-state index contributed by atoms with van der Waals surface area (Å²) in [6.45, 7) is 4.16. The largest absolute Gasteiger partial charge is 0.385 e. The van der Waals surface area contributed by atoms with E-state index in [1.807, 2.05) is 6.07 Å². The van der Waals surface area contributed by atoms with Crippen molar-refractivity contribution < 1.29 is 5.11 Å². The smallest absolute Gasteiger partial charge is 0.0912 e. The Kier molecular flexibility index (Phi) is 2.00. The van der Waals surface area contributed by atoms with E-state index in [9.17, 15) is 5.11 Å². The maximum atomic E-state index is 10.1. The van der Waals surface area contributed by atoms with Gasteiger partial charge in [-0.15, -0.1) is 0 Å². The van der Waals surface area contributed by atoms with Crippen LogP contribution in [0.1, 0.15) is 29.5 Å². The SMILES string of the molecule is Cc1ccc(Br)c(C2(O)CC2)c1C. The number of hydrogen-bond acceptors (Lipinski definition) is 1. The molecular formula is C11H13BrO. The molecule has 0 atom stereocenters. The van der Waals surface area contributed by atoms with Gasteiger partial charge in [0.05, 0.1) is 5.60 Å². The third kappa shape index (κ3) is 1.42. The molecule has 2 heteroatoms. The Labute approximate surface area is 86.9 Å². The fourth-order valence-corrected chi connectivity index (χ4v) is 2.52. The molecule has 0 heterocycles. The summed E-state index contributed by atoms with van der Waals surface area (Å²) in [7, 11) is 0. The molecule has 0 spiro atoms. The van der Waals surface area contributed by atoms with Gasteiger partial charge in [-0.2, -0.15) is 0 Å². The molecule has 1 aliphatic rings. The van der Waals surface area contributed by atoms with Gasteiger partial charge in [-0.1, -0.05) is 22.0 Å². The van der Waals surface area contributed by atoms with E-state index in [-0.39, 0.29) is 0 Å². The second kappa shape index (κ2) is 2.82. The molecule has 0 unspecified atom stereocenters. The van der Waals surface area contributed by atoms with Gasteiger partial charge >= 0.3 is 0 Å². The summed E-state index contributed by atoms with van der Waals surface area (Å²) in [4.78, 5) is 0. The van der Waals surface area contributed by atoms with Crippen molar-refractivity contribution in [3.63, 3.8) is 0 Å². The number of aliphatic hydroxyl groups is 1. The molecule has 1 aliphatic carbocycles. The Balaban J connectivity index is 2.61. The van der Waals surface area contributed by atoms with Gasteiger partial charge < -0.3 is 5.11 Å². The zero-order chi connectivity index (χ0) is 9.64. The molecule has 1 N–H and O–H groups in total. The van der Waals surface area contributed by atoms with E-state index in [1.54, 1.807) is 0 Å². The average molecular weight is 241 g/mol. The van der Waals surface area contributed by atoms with Gasteiger partial charge in [-0.25, -0.2) is 0 Å². The van der Waals surface area contributed by atoms with Crippen molar-refractivity contribution in [2.45, 2.75) is 32.3 Å². The highest BCUT2D eigenvalue weighted by molar-refractivity contribution is 9.10. The molecule has 0 bridgehead atoms. The topological polar surface area (TPSA) is 20.2 Å². The van der Waals surface area contributed by atoms with Crippen LogP contribution in [0.3, 0.4) is 0 Å². The Hall–Kier alpha value is -0.340. The Bertz CT molecular complexity index is 353. The van der Waals surface area contributed by atoms with Gasteiger partial charge in [-0.3, -0.25) is 0 Å². The summed E-state index contributed by atoms with van der Waals surface area (Å²) in [6, 6.07) is 4.10. The normalized spacial score (nSPS) is 18.8. The summed E-state index contributed by atoms with van der Waals surface area (Å²) >= 11 is 3.50. The number of rotatable bonds is 1. The Morgan fingerprint density at radius 1 is 1.31 bits per heavy atom. The fourth-order valence-electron chi connectivity index (χ4n) is 1.72. The molecule has 1 fully saturated rings. The molecule has 13 heavy (non-hydrogen) atoms. The first-order valence-electron chi connectivity index (χ1n) is 4.53. The number of halogens is 1. The molecule has 0 aliphatic heterocycles. The summed E-state index contributed by atoms with van der Waals surface area (Å²) in [5.41, 5.74) is 3.02. The summed E-state index contributed by atoms with van der Waals surface area (Å²) in [5, 5.41) is 10.1. The van der Waals surface area contributed by atoms with Crippen LogP contribution in [-0.4, -0.2) is 5.11 Å². The van der Waals surface area contributed by atoms with Crippen LogP contribution in [0.15, 0.2) is 16.6 Å². The second-order valence-electron chi connectivity index (χ2n) is 3.90. The molecule has 2 rings (SSSR count). The third-order valence-corrected chi connectivity index (χ3v) is 3.53. The third-order valence-electron chi connectivity index (χ3n) is 2.87. The number of benzene rings is 1. The van der Waals surface area contributed by atoms with Gasteiger partial charge in [0.15, 0.2) is 0 Å². The van der Waals surface area contributed by atoms with E-state index >= 15 is 0 Å². The van der Waals surface area contributed by atoms with E-state index < -0.39 is 5.60 Å². The fraction of sp³-hybridized carbons (Fsp3) is 0.455. The lowest BCUT2D eigenvalue weighted by molar-refractivity contribution is 0.150. The second-order valence-corrected chi connectivity index (χ2v) is 4.75. The van der Waals surface area contributed by atoms with Crippen molar-refractivity contribution >= 4 is 15.9 Å². The predicted octanol–water partition coefficient (Wildman–Crippen LogP) is 3.05. The van der Waals surface area contributed by atoms with E-state index in [1.165, 1.54) is 11.1 Å². The average Bonchev–Trinajstić information content (AvgIpc) is 2.78. The molecule has 0 radical (unpaired) electrons. The standard InChI is InChI=1S/C11H13BrO/c1-7-3-4-9(12)10(8(7)2)11(13)5-6-11/h3-4,13H,5-6H2,1-2H3. The molecule has 1 aromatic rings. The zero-order valence-corrected chi connectivity index (χ0v) is 9.48. The van der Waals surface area contributed by atoms with Crippen LogP contribution in [0.4, 0.5) is 0 Å². The van der Waals surface area contributed by atoms with Crippen LogP contribution in [0.2, 0.25) is 0 Å². The number of hydrogen-bond donors (Lipinski definition) is 1. The van der Waals surface area contributed by atoms with Crippen LogP contribution in [-0.2, 0) is 5.60 Å².